The molecule has 1 aromatic heterocycles. The molecule has 3 aromatic rings. The van der Waals surface area contributed by atoms with Gasteiger partial charge in [0.05, 0.1) is 6.20 Å². The summed E-state index contributed by atoms with van der Waals surface area (Å²) < 4.78 is 0. The van der Waals surface area contributed by atoms with Gasteiger partial charge in [-0.2, -0.15) is 19.9 Å². The van der Waals surface area contributed by atoms with Gasteiger partial charge in [-0.3, -0.25) is 0 Å². The van der Waals surface area contributed by atoms with Crippen LogP contribution in [-0.4, -0.2) is 21.6 Å². The van der Waals surface area contributed by atoms with E-state index in [0.29, 0.717) is 0 Å². The van der Waals surface area contributed by atoms with Crippen LogP contribution in [-0.2, 0) is 15.3 Å². The number of hydrogen-bond acceptors (Lipinski definition) is 5. The van der Waals surface area contributed by atoms with Gasteiger partial charge >= 0.3 is 6.15 Å². The zero-order chi connectivity index (χ0) is 16.5. The molecule has 3 rings (SSSR count). The van der Waals surface area contributed by atoms with Crippen molar-refractivity contribution >= 4 is 17.9 Å². The third-order valence-electron chi connectivity index (χ3n) is 3.12. The molecule has 0 spiro atoms. The Morgan fingerprint density at radius 3 is 2.09 bits per heavy atom. The Balaban J connectivity index is 0.000000595. The van der Waals surface area contributed by atoms with Gasteiger partial charge in [0.2, 0.25) is 0 Å². The quantitative estimate of drug-likeness (QED) is 0.743. The Labute approximate surface area is 138 Å². The average Bonchev–Trinajstić information content (AvgIpc) is 3.08. The number of carbonyl (C=O) groups excluding carboxylic acids is 2. The molecule has 5 nitrogen and oxygen atoms in total. The molecular formula is C17H15N3O2S. The summed E-state index contributed by atoms with van der Waals surface area (Å²) >= 11 is 1.68. The first-order valence-corrected chi connectivity index (χ1v) is 7.85. The first-order valence-electron chi connectivity index (χ1n) is 6.87. The van der Waals surface area contributed by atoms with Crippen LogP contribution in [0.3, 0.4) is 0 Å². The van der Waals surface area contributed by atoms with E-state index in [2.05, 4.69) is 70.9 Å². The standard InChI is InChI=1S/C16H15N3S.CO2/c1-12-2-6-14(7-3-12)15-8-4-13(5-9-15)11-20-16-10-17-19-18-16;2-1-3/h2-10H,11H2,1H3,(H,17,18,19);. The minimum absolute atomic E-state index is 0.250. The normalized spacial score (nSPS) is 9.61. The Morgan fingerprint density at radius 2 is 1.57 bits per heavy atom. The molecule has 0 aliphatic rings. The third kappa shape index (κ3) is 5.21. The van der Waals surface area contributed by atoms with Gasteiger partial charge in [0.25, 0.3) is 0 Å². The van der Waals surface area contributed by atoms with Crippen LogP contribution in [0.5, 0.6) is 0 Å². The fraction of sp³-hybridized carbons (Fsp3) is 0.118. The molecule has 0 bridgehead atoms. The van der Waals surface area contributed by atoms with E-state index in [1.807, 2.05) is 0 Å². The molecule has 0 aliphatic heterocycles. The summed E-state index contributed by atoms with van der Waals surface area (Å²) in [5.41, 5.74) is 5.08. The Kier molecular flexibility index (Phi) is 6.29. The largest absolute Gasteiger partial charge is 0.373 e. The first kappa shape index (κ1) is 16.7. The van der Waals surface area contributed by atoms with E-state index in [9.17, 15) is 0 Å². The van der Waals surface area contributed by atoms with E-state index in [1.165, 1.54) is 22.3 Å². The molecule has 6 heteroatoms. The molecule has 0 amide bonds. The number of aryl methyl sites for hydroxylation is 1. The minimum Gasteiger partial charge on any atom is -0.197 e. The lowest BCUT2D eigenvalue weighted by molar-refractivity contribution is -0.191. The van der Waals surface area contributed by atoms with Crippen LogP contribution in [0.15, 0.2) is 59.8 Å². The zero-order valence-electron chi connectivity index (χ0n) is 12.5. The van der Waals surface area contributed by atoms with Crippen LogP contribution in [0.4, 0.5) is 0 Å². The number of benzene rings is 2. The molecule has 23 heavy (non-hydrogen) atoms. The average molecular weight is 325 g/mol. The number of nitrogens with one attached hydrogen (secondary N) is 1. The van der Waals surface area contributed by atoms with E-state index >= 15 is 0 Å². The molecule has 0 saturated carbocycles. The van der Waals surface area contributed by atoms with E-state index in [0.717, 1.165) is 10.8 Å². The second-order valence-corrected chi connectivity index (χ2v) is 5.74. The highest BCUT2D eigenvalue weighted by Gasteiger charge is 2.01. The highest BCUT2D eigenvalue weighted by molar-refractivity contribution is 7.98. The van der Waals surface area contributed by atoms with Gasteiger partial charge in [0, 0.05) is 5.75 Å². The molecule has 116 valence electrons. The molecular weight excluding hydrogens is 310 g/mol. The first-order chi connectivity index (χ1) is 11.2. The second kappa shape index (κ2) is 8.68. The van der Waals surface area contributed by atoms with Crippen molar-refractivity contribution < 1.29 is 9.59 Å². The van der Waals surface area contributed by atoms with Gasteiger partial charge in [0.1, 0.15) is 5.03 Å². The van der Waals surface area contributed by atoms with Crippen LogP contribution < -0.4 is 0 Å². The second-order valence-electron chi connectivity index (χ2n) is 4.74. The van der Waals surface area contributed by atoms with Crippen molar-refractivity contribution in [1.29, 1.82) is 0 Å². The fourth-order valence-electron chi connectivity index (χ4n) is 1.96. The predicted molar refractivity (Wildman–Crippen MR) is 87.6 cm³/mol. The van der Waals surface area contributed by atoms with Crippen LogP contribution in [0, 0.1) is 6.92 Å². The maximum atomic E-state index is 8.12. The summed E-state index contributed by atoms with van der Waals surface area (Å²) in [6.45, 7) is 2.11. The van der Waals surface area contributed by atoms with Gasteiger partial charge in [-0.05, 0) is 23.6 Å². The number of nitrogens with zero attached hydrogens (tertiary/aromatic N) is 2. The van der Waals surface area contributed by atoms with Crippen molar-refractivity contribution in [2.24, 2.45) is 0 Å². The van der Waals surface area contributed by atoms with Gasteiger partial charge in [-0.25, -0.2) is 0 Å². The topological polar surface area (TPSA) is 75.7 Å². The number of hydrogen-bond donors (Lipinski definition) is 1. The summed E-state index contributed by atoms with van der Waals surface area (Å²) in [5.74, 6) is 0.903. The number of thioether (sulfide) groups is 1. The molecule has 1 N–H and O–H groups in total. The minimum atomic E-state index is 0.250. The summed E-state index contributed by atoms with van der Waals surface area (Å²) in [7, 11) is 0. The van der Waals surface area contributed by atoms with Crippen LogP contribution in [0.25, 0.3) is 11.1 Å². The number of aromatic amines is 1. The molecule has 0 aliphatic carbocycles. The van der Waals surface area contributed by atoms with Gasteiger partial charge in [-0.15, -0.1) is 5.10 Å². The lowest BCUT2D eigenvalue weighted by Gasteiger charge is -2.04. The third-order valence-corrected chi connectivity index (χ3v) is 4.09. The maximum absolute atomic E-state index is 8.12. The highest BCUT2D eigenvalue weighted by Crippen LogP contribution is 2.23. The zero-order valence-corrected chi connectivity index (χ0v) is 13.3. The number of aromatic nitrogens is 3. The van der Waals surface area contributed by atoms with Crippen LogP contribution in [0.2, 0.25) is 0 Å². The predicted octanol–water partition coefficient (Wildman–Crippen LogP) is 3.49. The molecule has 1 heterocycles. The molecule has 0 radical (unpaired) electrons. The van der Waals surface area contributed by atoms with Crippen molar-refractivity contribution in [3.05, 3.63) is 65.9 Å². The van der Waals surface area contributed by atoms with E-state index in [1.54, 1.807) is 18.0 Å². The van der Waals surface area contributed by atoms with Crippen LogP contribution >= 0.6 is 11.8 Å². The molecule has 0 fully saturated rings. The van der Waals surface area contributed by atoms with Crippen molar-refractivity contribution in [3.8, 4) is 11.1 Å². The number of H-pyrrole nitrogens is 1. The summed E-state index contributed by atoms with van der Waals surface area (Å²) in [6.07, 6.45) is 1.99. The van der Waals surface area contributed by atoms with Crippen molar-refractivity contribution in [1.82, 2.24) is 15.4 Å². The lowest BCUT2D eigenvalue weighted by Crippen LogP contribution is -1.83. The smallest absolute Gasteiger partial charge is 0.197 e. The summed E-state index contributed by atoms with van der Waals surface area (Å²) in [5, 5.41) is 11.4. The molecule has 0 unspecified atom stereocenters. The van der Waals surface area contributed by atoms with Gasteiger partial charge in [0.15, 0.2) is 0 Å². The van der Waals surface area contributed by atoms with E-state index < -0.39 is 0 Å². The SMILES string of the molecule is Cc1ccc(-c2ccc(CSc3cn[nH]n3)cc2)cc1.O=C=O. The monoisotopic (exact) mass is 325 g/mol. The van der Waals surface area contributed by atoms with E-state index in [-0.39, 0.29) is 6.15 Å². The lowest BCUT2D eigenvalue weighted by atomic mass is 10.0. The van der Waals surface area contributed by atoms with Crippen LogP contribution in [0.1, 0.15) is 11.1 Å². The van der Waals surface area contributed by atoms with Gasteiger partial charge in [-0.1, -0.05) is 65.9 Å². The summed E-state index contributed by atoms with van der Waals surface area (Å²) in [6, 6.07) is 17.3. The Morgan fingerprint density at radius 1 is 1.00 bits per heavy atom. The summed E-state index contributed by atoms with van der Waals surface area (Å²) in [4.78, 5) is 16.2. The molecule has 2 aromatic carbocycles. The number of rotatable bonds is 4. The fourth-order valence-corrected chi connectivity index (χ4v) is 2.70. The van der Waals surface area contributed by atoms with Crippen molar-refractivity contribution in [3.63, 3.8) is 0 Å². The maximum Gasteiger partial charge on any atom is 0.373 e. The Hall–Kier alpha value is -2.69. The highest BCUT2D eigenvalue weighted by atomic mass is 32.2. The van der Waals surface area contributed by atoms with E-state index in [4.69, 9.17) is 9.59 Å². The molecule has 0 saturated heterocycles. The van der Waals surface area contributed by atoms with Crippen molar-refractivity contribution in [2.75, 3.05) is 0 Å². The van der Waals surface area contributed by atoms with Crippen molar-refractivity contribution in [2.45, 2.75) is 17.7 Å². The Bertz CT molecular complexity index is 748. The van der Waals surface area contributed by atoms with Gasteiger partial charge < -0.3 is 0 Å². The molecule has 0 atom stereocenters.